The Balaban J connectivity index is 1.59. The van der Waals surface area contributed by atoms with Crippen LogP contribution in [0.3, 0.4) is 0 Å². The van der Waals surface area contributed by atoms with Crippen molar-refractivity contribution >= 4 is 22.6 Å². The molecule has 1 aromatic carbocycles. The second-order valence-corrected chi connectivity index (χ2v) is 5.32. The number of rotatable bonds is 4. The maximum absolute atomic E-state index is 5.97. The molecule has 102 valence electrons. The molecule has 1 saturated heterocycles. The Kier molecular flexibility index (Phi) is 4.01. The predicted octanol–water partition coefficient (Wildman–Crippen LogP) is 2.41. The molecular formula is C14H18ClN3O. The van der Waals surface area contributed by atoms with E-state index in [2.05, 4.69) is 14.5 Å². The lowest BCUT2D eigenvalue weighted by Gasteiger charge is -2.26. The fraction of sp³-hybridized carbons (Fsp3) is 0.500. The summed E-state index contributed by atoms with van der Waals surface area (Å²) in [5.41, 5.74) is 2.13. The first kappa shape index (κ1) is 12.9. The van der Waals surface area contributed by atoms with E-state index in [9.17, 15) is 0 Å². The number of hydrogen-bond donors (Lipinski definition) is 0. The van der Waals surface area contributed by atoms with Gasteiger partial charge < -0.3 is 9.30 Å². The highest BCUT2D eigenvalue weighted by molar-refractivity contribution is 6.31. The molecule has 0 unspecified atom stereocenters. The molecule has 0 amide bonds. The van der Waals surface area contributed by atoms with Gasteiger partial charge in [0.25, 0.3) is 0 Å². The molecule has 0 aliphatic carbocycles. The van der Waals surface area contributed by atoms with Crippen LogP contribution in [-0.2, 0) is 11.3 Å². The Morgan fingerprint density at radius 3 is 2.89 bits per heavy atom. The van der Waals surface area contributed by atoms with Crippen molar-refractivity contribution in [3.05, 3.63) is 29.5 Å². The Labute approximate surface area is 117 Å². The third kappa shape index (κ3) is 3.08. The molecule has 1 aliphatic heterocycles. The van der Waals surface area contributed by atoms with Gasteiger partial charge in [-0.2, -0.15) is 0 Å². The van der Waals surface area contributed by atoms with Crippen molar-refractivity contribution in [2.24, 2.45) is 0 Å². The third-order valence-electron chi connectivity index (χ3n) is 3.56. The molecule has 1 fully saturated rings. The van der Waals surface area contributed by atoms with Crippen molar-refractivity contribution in [2.75, 3.05) is 32.8 Å². The summed E-state index contributed by atoms with van der Waals surface area (Å²) in [4.78, 5) is 6.85. The van der Waals surface area contributed by atoms with E-state index in [4.69, 9.17) is 16.3 Å². The van der Waals surface area contributed by atoms with Gasteiger partial charge in [0.2, 0.25) is 0 Å². The topological polar surface area (TPSA) is 30.3 Å². The van der Waals surface area contributed by atoms with Crippen LogP contribution in [0.4, 0.5) is 0 Å². The van der Waals surface area contributed by atoms with Crippen LogP contribution in [-0.4, -0.2) is 47.3 Å². The molecule has 1 aliphatic rings. The maximum atomic E-state index is 5.97. The molecular weight excluding hydrogens is 262 g/mol. The van der Waals surface area contributed by atoms with Gasteiger partial charge in [-0.15, -0.1) is 0 Å². The minimum absolute atomic E-state index is 0.742. The van der Waals surface area contributed by atoms with Crippen LogP contribution in [0.15, 0.2) is 24.5 Å². The van der Waals surface area contributed by atoms with Crippen LogP contribution >= 0.6 is 11.6 Å². The number of nitrogens with zero attached hydrogens (tertiary/aromatic N) is 3. The van der Waals surface area contributed by atoms with E-state index in [1.807, 2.05) is 24.5 Å². The van der Waals surface area contributed by atoms with Gasteiger partial charge in [-0.1, -0.05) is 11.6 Å². The molecule has 0 N–H and O–H groups in total. The van der Waals surface area contributed by atoms with Crippen LogP contribution in [0.25, 0.3) is 11.0 Å². The molecule has 0 radical (unpaired) electrons. The average Bonchev–Trinajstić information content (AvgIpc) is 2.82. The Bertz CT molecular complexity index is 549. The molecule has 4 nitrogen and oxygen atoms in total. The summed E-state index contributed by atoms with van der Waals surface area (Å²) >= 11 is 5.97. The molecule has 0 saturated carbocycles. The van der Waals surface area contributed by atoms with Crippen LogP contribution in [0.2, 0.25) is 5.02 Å². The molecule has 1 aromatic heterocycles. The summed E-state index contributed by atoms with van der Waals surface area (Å²) in [5.74, 6) is 0. The number of benzene rings is 1. The third-order valence-corrected chi connectivity index (χ3v) is 3.80. The number of ether oxygens (including phenoxy) is 1. The molecule has 0 atom stereocenters. The average molecular weight is 280 g/mol. The zero-order chi connectivity index (χ0) is 13.1. The molecule has 0 bridgehead atoms. The Morgan fingerprint density at radius 1 is 1.21 bits per heavy atom. The summed E-state index contributed by atoms with van der Waals surface area (Å²) < 4.78 is 7.55. The molecule has 3 rings (SSSR count). The van der Waals surface area contributed by atoms with Gasteiger partial charge in [-0.3, -0.25) is 4.90 Å². The van der Waals surface area contributed by atoms with Crippen molar-refractivity contribution in [2.45, 2.75) is 13.0 Å². The highest BCUT2D eigenvalue weighted by Gasteiger charge is 2.10. The lowest BCUT2D eigenvalue weighted by atomic mass is 10.3. The summed E-state index contributed by atoms with van der Waals surface area (Å²) in [6.45, 7) is 5.96. The number of imidazole rings is 1. The van der Waals surface area contributed by atoms with E-state index in [1.54, 1.807) is 0 Å². The normalized spacial score (nSPS) is 17.1. The van der Waals surface area contributed by atoms with E-state index in [-0.39, 0.29) is 0 Å². The Morgan fingerprint density at radius 2 is 2.05 bits per heavy atom. The molecule has 5 heteroatoms. The summed E-state index contributed by atoms with van der Waals surface area (Å²) in [6.07, 6.45) is 3.04. The van der Waals surface area contributed by atoms with Crippen LogP contribution < -0.4 is 0 Å². The highest BCUT2D eigenvalue weighted by Crippen LogP contribution is 2.18. The van der Waals surface area contributed by atoms with Gasteiger partial charge in [0.15, 0.2) is 0 Å². The fourth-order valence-corrected chi connectivity index (χ4v) is 2.67. The van der Waals surface area contributed by atoms with Crippen molar-refractivity contribution in [1.29, 1.82) is 0 Å². The van der Waals surface area contributed by atoms with Gasteiger partial charge in [-0.25, -0.2) is 4.98 Å². The summed E-state index contributed by atoms with van der Waals surface area (Å²) in [6, 6.07) is 5.87. The highest BCUT2D eigenvalue weighted by atomic mass is 35.5. The maximum Gasteiger partial charge on any atom is 0.0958 e. The fourth-order valence-electron chi connectivity index (χ4n) is 2.50. The van der Waals surface area contributed by atoms with Crippen molar-refractivity contribution < 1.29 is 4.74 Å². The first-order valence-corrected chi connectivity index (χ1v) is 7.11. The van der Waals surface area contributed by atoms with E-state index < -0.39 is 0 Å². The second kappa shape index (κ2) is 5.90. The lowest BCUT2D eigenvalue weighted by molar-refractivity contribution is 0.0369. The Hall–Kier alpha value is -1.10. The lowest BCUT2D eigenvalue weighted by Crippen LogP contribution is -2.37. The van der Waals surface area contributed by atoms with Gasteiger partial charge in [-0.05, 0) is 24.6 Å². The monoisotopic (exact) mass is 279 g/mol. The number of morpholine rings is 1. The quantitative estimate of drug-likeness (QED) is 0.861. The molecule has 2 heterocycles. The minimum atomic E-state index is 0.742. The zero-order valence-electron chi connectivity index (χ0n) is 10.9. The van der Waals surface area contributed by atoms with Gasteiger partial charge >= 0.3 is 0 Å². The van der Waals surface area contributed by atoms with E-state index in [0.717, 1.165) is 61.9 Å². The standard InChI is InChI=1S/C14H18ClN3O/c15-12-2-3-14-13(10-12)16-11-18(14)5-1-4-17-6-8-19-9-7-17/h2-3,10-11H,1,4-9H2. The van der Waals surface area contributed by atoms with Crippen molar-refractivity contribution in [3.63, 3.8) is 0 Å². The van der Waals surface area contributed by atoms with Crippen molar-refractivity contribution in [3.8, 4) is 0 Å². The molecule has 0 spiro atoms. The largest absolute Gasteiger partial charge is 0.379 e. The number of aryl methyl sites for hydroxylation is 1. The van der Waals surface area contributed by atoms with E-state index in [1.165, 1.54) is 0 Å². The zero-order valence-corrected chi connectivity index (χ0v) is 11.6. The van der Waals surface area contributed by atoms with Crippen molar-refractivity contribution in [1.82, 2.24) is 14.5 Å². The summed E-state index contributed by atoms with van der Waals surface area (Å²) in [7, 11) is 0. The number of halogens is 1. The number of aromatic nitrogens is 2. The predicted molar refractivity (Wildman–Crippen MR) is 76.6 cm³/mol. The minimum Gasteiger partial charge on any atom is -0.379 e. The number of fused-ring (bicyclic) bond motifs is 1. The van der Waals surface area contributed by atoms with Gasteiger partial charge in [0.1, 0.15) is 0 Å². The van der Waals surface area contributed by atoms with Crippen LogP contribution in [0.1, 0.15) is 6.42 Å². The van der Waals surface area contributed by atoms with E-state index in [0.29, 0.717) is 0 Å². The molecule has 19 heavy (non-hydrogen) atoms. The second-order valence-electron chi connectivity index (χ2n) is 4.88. The molecule has 2 aromatic rings. The first-order valence-electron chi connectivity index (χ1n) is 6.73. The van der Waals surface area contributed by atoms with Gasteiger partial charge in [0.05, 0.1) is 30.6 Å². The number of hydrogen-bond acceptors (Lipinski definition) is 3. The van der Waals surface area contributed by atoms with Crippen LogP contribution in [0, 0.1) is 0 Å². The van der Waals surface area contributed by atoms with Crippen LogP contribution in [0.5, 0.6) is 0 Å². The summed E-state index contributed by atoms with van der Waals surface area (Å²) in [5, 5.41) is 0.742. The first-order chi connectivity index (χ1) is 9.33. The van der Waals surface area contributed by atoms with E-state index >= 15 is 0 Å². The SMILES string of the molecule is Clc1ccc2c(c1)ncn2CCCN1CCOCC1. The smallest absolute Gasteiger partial charge is 0.0958 e. The van der Waals surface area contributed by atoms with Gasteiger partial charge in [0, 0.05) is 31.2 Å².